The quantitative estimate of drug-likeness (QED) is 0.559. The molecule has 0 aliphatic carbocycles. The average molecular weight is 266 g/mol. The van der Waals surface area contributed by atoms with Crippen LogP contribution in [0.3, 0.4) is 0 Å². The third-order valence-corrected chi connectivity index (χ3v) is 1.71. The van der Waals surface area contributed by atoms with Crippen LogP contribution in [0.15, 0.2) is 0 Å². The van der Waals surface area contributed by atoms with Crippen LogP contribution in [0.4, 0.5) is 0 Å². The molecule has 0 rings (SSSR count). The van der Waals surface area contributed by atoms with Gasteiger partial charge in [0.2, 0.25) is 0 Å². The number of carbonyl (C=O) groups is 2. The molecule has 0 aromatic carbocycles. The molecule has 0 aliphatic heterocycles. The molecule has 0 fully saturated rings. The Hall–Kier alpha value is -0.320. The summed E-state index contributed by atoms with van der Waals surface area (Å²) in [5, 5.41) is 20.2. The minimum Gasteiger partial charge on any atom is -0.550 e. The van der Waals surface area contributed by atoms with E-state index in [2.05, 4.69) is 0 Å². The topological polar surface area (TPSA) is 80.3 Å². The van der Waals surface area contributed by atoms with E-state index in [9.17, 15) is 19.8 Å². The van der Waals surface area contributed by atoms with E-state index < -0.39 is 23.8 Å². The molecule has 4 nitrogen and oxygen atoms in total. The minimum atomic E-state index is -1.23. The molecule has 0 amide bonds. The zero-order valence-corrected chi connectivity index (χ0v) is 8.28. The molecule has 0 bridgehead atoms. The smallest absolute Gasteiger partial charge is 0.550 e. The molecule has 0 aromatic rings. The first-order valence-corrected chi connectivity index (χ1v) is 3.36. The molecular weight excluding hydrogens is 256 g/mol. The monoisotopic (exact) mass is 265 g/mol. The first-order chi connectivity index (χ1) is 4.95. The van der Waals surface area contributed by atoms with E-state index in [1.165, 1.54) is 13.8 Å². The van der Waals surface area contributed by atoms with Crippen molar-refractivity contribution in [3.8, 4) is 0 Å². The van der Waals surface area contributed by atoms with Gasteiger partial charge in [-0.1, -0.05) is 13.8 Å². The Labute approximate surface area is 86.5 Å². The number of rotatable bonds is 4. The minimum absolute atomic E-state index is 0. The maximum absolute atomic E-state index is 10.2. The third-order valence-electron chi connectivity index (χ3n) is 1.71. The van der Waals surface area contributed by atoms with Crippen LogP contribution in [0, 0.1) is 11.8 Å². The predicted molar refractivity (Wildman–Crippen MR) is 33.0 cm³/mol. The van der Waals surface area contributed by atoms with Gasteiger partial charge in [-0.15, -0.1) is 0 Å². The van der Waals surface area contributed by atoms with E-state index in [1.54, 1.807) is 0 Å². The van der Waals surface area contributed by atoms with Gasteiger partial charge >= 0.3 is 22.4 Å². The van der Waals surface area contributed by atoms with Crippen molar-refractivity contribution >= 4 is 11.9 Å². The summed E-state index contributed by atoms with van der Waals surface area (Å²) in [4.78, 5) is 20.2. The first-order valence-electron chi connectivity index (χ1n) is 3.36. The van der Waals surface area contributed by atoms with Crippen LogP contribution in [-0.4, -0.2) is 11.9 Å². The van der Waals surface area contributed by atoms with Gasteiger partial charge in [0.05, 0.1) is 0 Å². The molecule has 0 aliphatic rings. The summed E-state index contributed by atoms with van der Waals surface area (Å²) in [7, 11) is 0. The van der Waals surface area contributed by atoms with E-state index in [1.807, 2.05) is 0 Å². The normalized spacial score (nSPS) is 14.2. The standard InChI is InChI=1S/C7H12O4.Ag/c1-4(3-6(8)9)5(2)7(10)11;/h4-5H,3H2,1-2H3,(H,8,9)(H,10,11);/q;+2/p-2. The van der Waals surface area contributed by atoms with Gasteiger partial charge in [-0.3, -0.25) is 0 Å². The summed E-state index contributed by atoms with van der Waals surface area (Å²) in [6.45, 7) is 2.96. The van der Waals surface area contributed by atoms with Gasteiger partial charge in [0.15, 0.2) is 0 Å². The number of carbonyl (C=O) groups excluding carboxylic acids is 2. The average Bonchev–Trinajstić information content (AvgIpc) is 1.84. The first kappa shape index (κ1) is 14.2. The molecule has 2 unspecified atom stereocenters. The van der Waals surface area contributed by atoms with Crippen molar-refractivity contribution in [1.82, 2.24) is 0 Å². The summed E-state index contributed by atoms with van der Waals surface area (Å²) < 4.78 is 0. The van der Waals surface area contributed by atoms with E-state index in [-0.39, 0.29) is 28.8 Å². The van der Waals surface area contributed by atoms with Crippen molar-refractivity contribution < 1.29 is 42.2 Å². The van der Waals surface area contributed by atoms with Crippen molar-refractivity contribution in [2.75, 3.05) is 0 Å². The molecule has 73 valence electrons. The Bertz CT molecular complexity index is 169. The summed E-state index contributed by atoms with van der Waals surface area (Å²) >= 11 is 0. The second-order valence-corrected chi connectivity index (χ2v) is 2.66. The Balaban J connectivity index is 0. The molecule has 0 aromatic heterocycles. The van der Waals surface area contributed by atoms with E-state index >= 15 is 0 Å². The van der Waals surface area contributed by atoms with Crippen LogP contribution < -0.4 is 10.2 Å². The van der Waals surface area contributed by atoms with Crippen LogP contribution in [-0.2, 0) is 32.0 Å². The van der Waals surface area contributed by atoms with Crippen LogP contribution >= 0.6 is 0 Å². The van der Waals surface area contributed by atoms with Crippen LogP contribution in [0.25, 0.3) is 0 Å². The van der Waals surface area contributed by atoms with Gasteiger partial charge in [0, 0.05) is 11.9 Å². The zero-order valence-electron chi connectivity index (χ0n) is 6.80. The predicted octanol–water partition coefficient (Wildman–Crippen LogP) is -1.85. The fraction of sp³-hybridized carbons (Fsp3) is 0.714. The van der Waals surface area contributed by atoms with E-state index in [0.717, 1.165) is 0 Å². The Morgan fingerprint density at radius 2 is 1.67 bits per heavy atom. The molecule has 5 heteroatoms. The van der Waals surface area contributed by atoms with Gasteiger partial charge in [-0.05, 0) is 18.3 Å². The summed E-state index contributed by atoms with van der Waals surface area (Å²) in [6.07, 6.45) is -0.241. The summed E-state index contributed by atoms with van der Waals surface area (Å²) in [5.74, 6) is -3.64. The van der Waals surface area contributed by atoms with Crippen molar-refractivity contribution in [2.24, 2.45) is 11.8 Å². The second-order valence-electron chi connectivity index (χ2n) is 2.66. The van der Waals surface area contributed by atoms with Gasteiger partial charge in [0.25, 0.3) is 0 Å². The van der Waals surface area contributed by atoms with Gasteiger partial charge < -0.3 is 19.8 Å². The Morgan fingerprint density at radius 1 is 1.25 bits per heavy atom. The third kappa shape index (κ3) is 5.35. The summed E-state index contributed by atoms with van der Waals surface area (Å²) in [5.41, 5.74) is 0. The van der Waals surface area contributed by atoms with Gasteiger partial charge in [-0.2, -0.15) is 0 Å². The van der Waals surface area contributed by atoms with Crippen molar-refractivity contribution in [3.05, 3.63) is 0 Å². The number of hydrogen-bond acceptors (Lipinski definition) is 4. The molecule has 2 atom stereocenters. The van der Waals surface area contributed by atoms with Crippen LogP contribution in [0.5, 0.6) is 0 Å². The van der Waals surface area contributed by atoms with Gasteiger partial charge in [0.1, 0.15) is 0 Å². The molecule has 1 radical (unpaired) electrons. The number of carboxylic acids is 2. The van der Waals surface area contributed by atoms with E-state index in [4.69, 9.17) is 0 Å². The molecule has 0 saturated heterocycles. The van der Waals surface area contributed by atoms with Crippen LogP contribution in [0.1, 0.15) is 20.3 Å². The zero-order chi connectivity index (χ0) is 9.02. The molecule has 0 spiro atoms. The fourth-order valence-corrected chi connectivity index (χ4v) is 0.672. The number of carboxylic acid groups (broad SMARTS) is 2. The van der Waals surface area contributed by atoms with E-state index in [0.29, 0.717) is 0 Å². The number of hydrogen-bond donors (Lipinski definition) is 0. The second kappa shape index (κ2) is 6.22. The molecular formula is C7H10AgO4. The molecule has 12 heavy (non-hydrogen) atoms. The summed E-state index contributed by atoms with van der Waals surface area (Å²) in [6, 6.07) is 0. The molecule has 0 heterocycles. The van der Waals surface area contributed by atoms with Crippen molar-refractivity contribution in [3.63, 3.8) is 0 Å². The van der Waals surface area contributed by atoms with Crippen molar-refractivity contribution in [1.29, 1.82) is 0 Å². The number of aliphatic carboxylic acids is 2. The maximum Gasteiger partial charge on any atom is 2.00 e. The Morgan fingerprint density at radius 3 is 1.92 bits per heavy atom. The maximum atomic E-state index is 10.2. The molecule has 0 N–H and O–H groups in total. The van der Waals surface area contributed by atoms with Crippen LogP contribution in [0.2, 0.25) is 0 Å². The fourth-order valence-electron chi connectivity index (χ4n) is 0.672. The molecule has 0 saturated carbocycles. The van der Waals surface area contributed by atoms with Crippen molar-refractivity contribution in [2.45, 2.75) is 20.3 Å². The SMILES string of the molecule is CC(CC(=O)[O-])C(C)C(=O)[O-].[Ag+2]. The Kier molecular flexibility index (Phi) is 7.37. The largest absolute Gasteiger partial charge is 2.00 e. The van der Waals surface area contributed by atoms with Gasteiger partial charge in [-0.25, -0.2) is 0 Å².